The van der Waals surface area contributed by atoms with Crippen molar-refractivity contribution >= 4 is 67.5 Å². The summed E-state index contributed by atoms with van der Waals surface area (Å²) < 4.78 is 10.6. The van der Waals surface area contributed by atoms with E-state index in [1.165, 1.54) is 0 Å². The number of nitrogens with one attached hydrogen (secondary N) is 6. The van der Waals surface area contributed by atoms with E-state index in [0.29, 0.717) is 34.3 Å². The predicted molar refractivity (Wildman–Crippen MR) is 266 cm³/mol. The van der Waals surface area contributed by atoms with Crippen molar-refractivity contribution in [2.45, 2.75) is 13.8 Å². The Labute approximate surface area is 381 Å². The van der Waals surface area contributed by atoms with Crippen LogP contribution in [-0.2, 0) is 0 Å². The van der Waals surface area contributed by atoms with Crippen LogP contribution in [0.4, 0.5) is 17.1 Å². The van der Waals surface area contributed by atoms with Crippen LogP contribution in [0.1, 0.15) is 42.6 Å². The van der Waals surface area contributed by atoms with E-state index in [9.17, 15) is 14.4 Å². The lowest BCUT2D eigenvalue weighted by Gasteiger charge is -2.13. The molecule has 0 bridgehead atoms. The number of carbonyl (C=O) groups is 3. The molecule has 11 heteroatoms. The highest BCUT2D eigenvalue weighted by Crippen LogP contribution is 2.35. The second-order valence-corrected chi connectivity index (χ2v) is 15.4. The molecule has 0 unspecified atom stereocenters. The Kier molecular flexibility index (Phi) is 13.4. The molecule has 328 valence electrons. The molecule has 0 aliphatic rings. The first-order valence-corrected chi connectivity index (χ1v) is 21.3. The number of fused-ring (bicyclic) bond motifs is 3. The van der Waals surface area contributed by atoms with Crippen molar-refractivity contribution in [3.63, 3.8) is 0 Å². The van der Waals surface area contributed by atoms with E-state index in [2.05, 4.69) is 30.9 Å². The van der Waals surface area contributed by atoms with Crippen LogP contribution in [0.3, 0.4) is 0 Å². The van der Waals surface area contributed by atoms with Crippen molar-refractivity contribution in [2.24, 2.45) is 0 Å². The van der Waals surface area contributed by atoms with Gasteiger partial charge in [0, 0.05) is 49.6 Å². The first kappa shape index (κ1) is 43.8. The molecule has 3 amide bonds. The maximum absolute atomic E-state index is 12.6. The molecule has 0 saturated carbocycles. The SMILES string of the molecule is COc1cccc(OC)c1NC(=O)c1cc2ccccc2[nH]1.Cc1cccc(C)c1NC(=O)c1cc2ccccc2[nH]1.O=C(Nc1ccccc1-c1ccccc1)c1cc2ccccc2[nH]1. The van der Waals surface area contributed by atoms with E-state index in [-0.39, 0.29) is 17.7 Å². The van der Waals surface area contributed by atoms with Gasteiger partial charge in [0.15, 0.2) is 0 Å². The van der Waals surface area contributed by atoms with Crippen LogP contribution in [0, 0.1) is 13.8 Å². The van der Waals surface area contributed by atoms with Gasteiger partial charge in [-0.25, -0.2) is 0 Å². The standard InChI is InChI=1S/C21H16N2O.C17H16N2O3.C17H16N2O/c24-21(20-14-16-10-4-6-12-18(16)22-20)23-19-13-7-5-11-17(19)15-8-2-1-3-9-15;1-21-14-8-5-9-15(22-2)16(14)19-17(20)13-10-11-6-3-4-7-12(11)18-13;1-11-6-5-7-12(2)16(11)19-17(20)15-10-13-8-3-4-9-14(13)18-15/h1-14,22H,(H,23,24);3-10,18H,1-2H3,(H,19,20);3-10,18H,1-2H3,(H,19,20). The number of amides is 3. The summed E-state index contributed by atoms with van der Waals surface area (Å²) in [6.45, 7) is 3.99. The third-order valence-corrected chi connectivity index (χ3v) is 11.0. The molecule has 3 heterocycles. The van der Waals surface area contributed by atoms with Gasteiger partial charge in [-0.1, -0.05) is 127 Å². The number of para-hydroxylation sites is 6. The zero-order chi connectivity index (χ0) is 46.0. The zero-order valence-electron chi connectivity index (χ0n) is 36.9. The van der Waals surface area contributed by atoms with E-state index < -0.39 is 0 Å². The van der Waals surface area contributed by atoms with E-state index in [4.69, 9.17) is 9.47 Å². The molecule has 66 heavy (non-hydrogen) atoms. The number of aromatic amines is 3. The smallest absolute Gasteiger partial charge is 0.272 e. The van der Waals surface area contributed by atoms with Crippen molar-refractivity contribution in [3.05, 3.63) is 210 Å². The first-order chi connectivity index (χ1) is 32.2. The van der Waals surface area contributed by atoms with Crippen molar-refractivity contribution in [3.8, 4) is 22.6 Å². The molecule has 0 saturated heterocycles. The maximum Gasteiger partial charge on any atom is 0.272 e. The van der Waals surface area contributed by atoms with Crippen molar-refractivity contribution in [1.82, 2.24) is 15.0 Å². The summed E-state index contributed by atoms with van der Waals surface area (Å²) in [6.07, 6.45) is 0. The highest BCUT2D eigenvalue weighted by Gasteiger charge is 2.17. The first-order valence-electron chi connectivity index (χ1n) is 21.3. The summed E-state index contributed by atoms with van der Waals surface area (Å²) in [5.74, 6) is 0.583. The predicted octanol–water partition coefficient (Wildman–Crippen LogP) is 12.6. The van der Waals surface area contributed by atoms with Crippen molar-refractivity contribution in [1.29, 1.82) is 0 Å². The number of aromatic nitrogens is 3. The van der Waals surface area contributed by atoms with Crippen LogP contribution < -0.4 is 25.4 Å². The van der Waals surface area contributed by atoms with Gasteiger partial charge in [-0.15, -0.1) is 0 Å². The van der Waals surface area contributed by atoms with E-state index in [0.717, 1.165) is 66.3 Å². The van der Waals surface area contributed by atoms with Gasteiger partial charge < -0.3 is 40.4 Å². The summed E-state index contributed by atoms with van der Waals surface area (Å²) >= 11 is 0. The quantitative estimate of drug-likeness (QED) is 0.0852. The van der Waals surface area contributed by atoms with Gasteiger partial charge in [0.1, 0.15) is 34.3 Å². The van der Waals surface area contributed by atoms with E-state index in [1.54, 1.807) is 32.4 Å². The Morgan fingerprint density at radius 2 is 0.803 bits per heavy atom. The Balaban J connectivity index is 0.000000135. The molecule has 10 aromatic rings. The fourth-order valence-corrected chi connectivity index (χ4v) is 7.59. The Hall–Kier alpha value is -8.83. The Bertz CT molecular complexity index is 3170. The average molecular weight is 873 g/mol. The van der Waals surface area contributed by atoms with Crippen molar-refractivity contribution < 1.29 is 23.9 Å². The number of hydrogen-bond acceptors (Lipinski definition) is 5. The summed E-state index contributed by atoms with van der Waals surface area (Å²) in [4.78, 5) is 46.8. The number of rotatable bonds is 9. The van der Waals surface area contributed by atoms with E-state index in [1.807, 2.05) is 178 Å². The van der Waals surface area contributed by atoms with Gasteiger partial charge in [-0.05, 0) is 85.1 Å². The molecule has 0 atom stereocenters. The third kappa shape index (κ3) is 10.0. The number of ether oxygens (including phenoxy) is 2. The number of hydrogen-bond donors (Lipinski definition) is 6. The average Bonchev–Trinajstić information content (AvgIpc) is 4.11. The molecular formula is C55H48N6O5. The minimum absolute atomic E-state index is 0.112. The largest absolute Gasteiger partial charge is 0.494 e. The van der Waals surface area contributed by atoms with Gasteiger partial charge in [0.25, 0.3) is 17.7 Å². The number of anilines is 3. The summed E-state index contributed by atoms with van der Waals surface area (Å²) in [5.41, 5.74) is 10.9. The molecule has 0 radical (unpaired) electrons. The molecule has 10 rings (SSSR count). The molecule has 7 aromatic carbocycles. The lowest BCUT2D eigenvalue weighted by atomic mass is 10.0. The molecule has 6 N–H and O–H groups in total. The number of aryl methyl sites for hydroxylation is 2. The van der Waals surface area contributed by atoms with Gasteiger partial charge >= 0.3 is 0 Å². The molecule has 0 aliphatic carbocycles. The number of H-pyrrole nitrogens is 3. The second-order valence-electron chi connectivity index (χ2n) is 15.4. The van der Waals surface area contributed by atoms with Gasteiger partial charge in [0.05, 0.1) is 14.2 Å². The molecule has 0 aliphatic heterocycles. The van der Waals surface area contributed by atoms with Crippen LogP contribution in [0.2, 0.25) is 0 Å². The molecule has 0 spiro atoms. The zero-order valence-corrected chi connectivity index (χ0v) is 36.9. The van der Waals surface area contributed by atoms with Gasteiger partial charge in [-0.2, -0.15) is 0 Å². The molecular weight excluding hydrogens is 825 g/mol. The topological polar surface area (TPSA) is 153 Å². The van der Waals surface area contributed by atoms with Crippen LogP contribution in [0.15, 0.2) is 182 Å². The second kappa shape index (κ2) is 20.1. The fourth-order valence-electron chi connectivity index (χ4n) is 7.59. The molecule has 0 fully saturated rings. The van der Waals surface area contributed by atoms with Gasteiger partial charge in [0.2, 0.25) is 0 Å². The van der Waals surface area contributed by atoms with Crippen LogP contribution in [0.5, 0.6) is 11.5 Å². The summed E-state index contributed by atoms with van der Waals surface area (Å²) in [6, 6.07) is 58.2. The lowest BCUT2D eigenvalue weighted by Crippen LogP contribution is -2.14. The highest BCUT2D eigenvalue weighted by atomic mass is 16.5. The normalized spacial score (nSPS) is 10.6. The monoisotopic (exact) mass is 872 g/mol. The number of methoxy groups -OCH3 is 2. The van der Waals surface area contributed by atoms with Gasteiger partial charge in [-0.3, -0.25) is 14.4 Å². The van der Waals surface area contributed by atoms with Crippen LogP contribution >= 0.6 is 0 Å². The maximum atomic E-state index is 12.6. The Morgan fingerprint density at radius 1 is 0.409 bits per heavy atom. The third-order valence-electron chi connectivity index (χ3n) is 11.0. The summed E-state index contributed by atoms with van der Waals surface area (Å²) in [7, 11) is 3.10. The molecule has 11 nitrogen and oxygen atoms in total. The highest BCUT2D eigenvalue weighted by molar-refractivity contribution is 6.09. The van der Waals surface area contributed by atoms with Crippen LogP contribution in [-0.4, -0.2) is 46.9 Å². The summed E-state index contributed by atoms with van der Waals surface area (Å²) in [5, 5.41) is 11.9. The number of benzene rings is 7. The minimum atomic E-state index is -0.251. The van der Waals surface area contributed by atoms with Crippen molar-refractivity contribution in [2.75, 3.05) is 30.2 Å². The lowest BCUT2D eigenvalue weighted by molar-refractivity contribution is 0.101. The van der Waals surface area contributed by atoms with Crippen LogP contribution in [0.25, 0.3) is 43.8 Å². The minimum Gasteiger partial charge on any atom is -0.494 e. The Morgan fingerprint density at radius 3 is 1.27 bits per heavy atom. The number of carbonyl (C=O) groups excluding carboxylic acids is 3. The molecule has 3 aromatic heterocycles. The fraction of sp³-hybridized carbons (Fsp3) is 0.0727. The van der Waals surface area contributed by atoms with E-state index >= 15 is 0 Å².